The van der Waals surface area contributed by atoms with E-state index in [2.05, 4.69) is 23.8 Å². The maximum Gasteiger partial charge on any atom is 0.216 e. The van der Waals surface area contributed by atoms with Gasteiger partial charge in [-0.15, -0.1) is 0 Å². The van der Waals surface area contributed by atoms with Crippen molar-refractivity contribution in [2.45, 2.75) is 13.8 Å². The summed E-state index contributed by atoms with van der Waals surface area (Å²) in [5.41, 5.74) is 2.00. The molecule has 0 amide bonds. The standard InChI is InChI=1S/C16H20N2O2/c1-11-7-17-15(19-9-11)13-4-3-5-14(6-13)16-18-8-12(2)10-20-16/h3-6,11-12H,7-10H2,1-2H3. The number of benzene rings is 1. The van der Waals surface area contributed by atoms with E-state index in [1.54, 1.807) is 0 Å². The van der Waals surface area contributed by atoms with Crippen molar-refractivity contribution in [2.75, 3.05) is 26.3 Å². The van der Waals surface area contributed by atoms with Crippen molar-refractivity contribution in [2.24, 2.45) is 21.8 Å². The quantitative estimate of drug-likeness (QED) is 0.830. The van der Waals surface area contributed by atoms with Crippen LogP contribution in [0.4, 0.5) is 0 Å². The van der Waals surface area contributed by atoms with Crippen molar-refractivity contribution in [3.8, 4) is 0 Å². The normalized spacial score (nSPS) is 26.1. The monoisotopic (exact) mass is 272 g/mol. The molecule has 0 aromatic heterocycles. The zero-order valence-electron chi connectivity index (χ0n) is 12.0. The Balaban J connectivity index is 1.83. The van der Waals surface area contributed by atoms with Gasteiger partial charge in [-0.05, 0) is 18.2 Å². The van der Waals surface area contributed by atoms with E-state index in [4.69, 9.17) is 9.47 Å². The first-order chi connectivity index (χ1) is 9.72. The number of rotatable bonds is 2. The summed E-state index contributed by atoms with van der Waals surface area (Å²) in [5.74, 6) is 2.45. The third-order valence-electron chi connectivity index (χ3n) is 3.46. The molecular weight excluding hydrogens is 252 g/mol. The first-order valence-electron chi connectivity index (χ1n) is 7.17. The van der Waals surface area contributed by atoms with Gasteiger partial charge >= 0.3 is 0 Å². The van der Waals surface area contributed by atoms with Crippen molar-refractivity contribution < 1.29 is 9.47 Å². The van der Waals surface area contributed by atoms with Gasteiger partial charge in [0.15, 0.2) is 0 Å². The van der Waals surface area contributed by atoms with E-state index in [-0.39, 0.29) is 0 Å². The third-order valence-corrected chi connectivity index (χ3v) is 3.46. The Kier molecular flexibility index (Phi) is 3.72. The maximum absolute atomic E-state index is 5.70. The predicted molar refractivity (Wildman–Crippen MR) is 79.5 cm³/mol. The molecule has 4 nitrogen and oxygen atoms in total. The molecule has 0 saturated heterocycles. The molecule has 0 spiro atoms. The number of ether oxygens (including phenoxy) is 2. The van der Waals surface area contributed by atoms with Crippen LogP contribution >= 0.6 is 0 Å². The summed E-state index contributed by atoms with van der Waals surface area (Å²) < 4.78 is 11.4. The molecule has 3 rings (SSSR count). The van der Waals surface area contributed by atoms with E-state index in [9.17, 15) is 0 Å². The number of hydrogen-bond donors (Lipinski definition) is 0. The summed E-state index contributed by atoms with van der Waals surface area (Å²) in [6.45, 7) is 7.41. The molecule has 0 N–H and O–H groups in total. The second-order valence-corrected chi connectivity index (χ2v) is 5.70. The van der Waals surface area contributed by atoms with E-state index in [0.717, 1.165) is 49.2 Å². The van der Waals surface area contributed by atoms with Crippen LogP contribution in [-0.2, 0) is 9.47 Å². The lowest BCUT2D eigenvalue weighted by Gasteiger charge is -2.21. The molecule has 1 aromatic rings. The van der Waals surface area contributed by atoms with E-state index in [1.807, 2.05) is 24.3 Å². The van der Waals surface area contributed by atoms with Crippen molar-refractivity contribution in [3.05, 3.63) is 35.4 Å². The summed E-state index contributed by atoms with van der Waals surface area (Å²) >= 11 is 0. The largest absolute Gasteiger partial charge is 0.477 e. The average molecular weight is 272 g/mol. The number of aliphatic imine (C=N–C) groups is 2. The van der Waals surface area contributed by atoms with Gasteiger partial charge in [0.05, 0.1) is 13.2 Å². The lowest BCUT2D eigenvalue weighted by molar-refractivity contribution is 0.231. The lowest BCUT2D eigenvalue weighted by Crippen LogP contribution is -2.23. The number of nitrogens with zero attached hydrogens (tertiary/aromatic N) is 2. The predicted octanol–water partition coefficient (Wildman–Crippen LogP) is 2.51. The fourth-order valence-electron chi connectivity index (χ4n) is 2.25. The highest BCUT2D eigenvalue weighted by atomic mass is 16.5. The topological polar surface area (TPSA) is 43.2 Å². The second kappa shape index (κ2) is 5.65. The Morgan fingerprint density at radius 3 is 1.80 bits per heavy atom. The molecule has 0 saturated carbocycles. The molecule has 4 heteroatoms. The van der Waals surface area contributed by atoms with Gasteiger partial charge in [-0.3, -0.25) is 9.98 Å². The van der Waals surface area contributed by atoms with Crippen LogP contribution < -0.4 is 0 Å². The highest BCUT2D eigenvalue weighted by molar-refractivity contribution is 5.99. The molecule has 2 aliphatic heterocycles. The van der Waals surface area contributed by atoms with Gasteiger partial charge in [0.2, 0.25) is 11.8 Å². The molecular formula is C16H20N2O2. The third kappa shape index (κ3) is 2.84. The van der Waals surface area contributed by atoms with Crippen LogP contribution in [0.3, 0.4) is 0 Å². The zero-order valence-corrected chi connectivity index (χ0v) is 12.0. The smallest absolute Gasteiger partial charge is 0.216 e. The van der Waals surface area contributed by atoms with Crippen molar-refractivity contribution >= 4 is 11.8 Å². The number of hydrogen-bond acceptors (Lipinski definition) is 4. The lowest BCUT2D eigenvalue weighted by atomic mass is 10.1. The molecule has 0 radical (unpaired) electrons. The van der Waals surface area contributed by atoms with Gasteiger partial charge in [-0.1, -0.05) is 19.9 Å². The van der Waals surface area contributed by atoms with Crippen LogP contribution in [0.1, 0.15) is 25.0 Å². The summed E-state index contributed by atoms with van der Waals surface area (Å²) in [7, 11) is 0. The molecule has 1 aromatic carbocycles. The molecule has 0 aliphatic carbocycles. The Morgan fingerprint density at radius 1 is 0.900 bits per heavy atom. The van der Waals surface area contributed by atoms with Crippen LogP contribution in [0.15, 0.2) is 34.3 Å². The van der Waals surface area contributed by atoms with Crippen LogP contribution in [0.2, 0.25) is 0 Å². The second-order valence-electron chi connectivity index (χ2n) is 5.70. The van der Waals surface area contributed by atoms with Crippen molar-refractivity contribution in [3.63, 3.8) is 0 Å². The summed E-state index contributed by atoms with van der Waals surface area (Å²) in [6, 6.07) is 8.08. The summed E-state index contributed by atoms with van der Waals surface area (Å²) in [6.07, 6.45) is 0. The highest BCUT2D eigenvalue weighted by Crippen LogP contribution is 2.16. The van der Waals surface area contributed by atoms with Gasteiger partial charge in [0.1, 0.15) is 0 Å². The Labute approximate surface area is 119 Å². The average Bonchev–Trinajstić information content (AvgIpc) is 2.49. The van der Waals surface area contributed by atoms with E-state index >= 15 is 0 Å². The first-order valence-corrected chi connectivity index (χ1v) is 7.17. The van der Waals surface area contributed by atoms with Crippen LogP contribution in [-0.4, -0.2) is 38.1 Å². The van der Waals surface area contributed by atoms with Crippen LogP contribution in [0.5, 0.6) is 0 Å². The minimum Gasteiger partial charge on any atom is -0.477 e. The van der Waals surface area contributed by atoms with Gasteiger partial charge in [0, 0.05) is 36.1 Å². The summed E-state index contributed by atoms with van der Waals surface area (Å²) in [4.78, 5) is 8.99. The zero-order chi connectivity index (χ0) is 13.9. The fourth-order valence-corrected chi connectivity index (χ4v) is 2.25. The fraction of sp³-hybridized carbons (Fsp3) is 0.500. The molecule has 20 heavy (non-hydrogen) atoms. The maximum atomic E-state index is 5.70. The molecule has 2 atom stereocenters. The molecule has 106 valence electrons. The van der Waals surface area contributed by atoms with Crippen LogP contribution in [0, 0.1) is 11.8 Å². The molecule has 2 heterocycles. The molecule has 2 aliphatic rings. The highest BCUT2D eigenvalue weighted by Gasteiger charge is 2.17. The van der Waals surface area contributed by atoms with Gasteiger partial charge in [0.25, 0.3) is 0 Å². The van der Waals surface area contributed by atoms with E-state index < -0.39 is 0 Å². The SMILES string of the molecule is CC1CN=C(c2cccc(C3=NCC(C)CO3)c2)OC1. The molecule has 0 fully saturated rings. The minimum atomic E-state index is 0.495. The van der Waals surface area contributed by atoms with Gasteiger partial charge in [-0.25, -0.2) is 0 Å². The van der Waals surface area contributed by atoms with E-state index in [1.165, 1.54) is 0 Å². The van der Waals surface area contributed by atoms with Crippen molar-refractivity contribution in [1.82, 2.24) is 0 Å². The molecule has 0 bridgehead atoms. The first kappa shape index (κ1) is 13.2. The van der Waals surface area contributed by atoms with Gasteiger partial charge in [-0.2, -0.15) is 0 Å². The molecule has 2 unspecified atom stereocenters. The summed E-state index contributed by atoms with van der Waals surface area (Å²) in [5, 5.41) is 0. The van der Waals surface area contributed by atoms with Gasteiger partial charge < -0.3 is 9.47 Å². The minimum absolute atomic E-state index is 0.495. The Hall–Kier alpha value is -1.84. The Morgan fingerprint density at radius 2 is 1.40 bits per heavy atom. The Bertz CT molecular complexity index is 506. The van der Waals surface area contributed by atoms with Crippen LogP contribution in [0.25, 0.3) is 0 Å². The van der Waals surface area contributed by atoms with E-state index in [0.29, 0.717) is 11.8 Å². The van der Waals surface area contributed by atoms with Crippen molar-refractivity contribution in [1.29, 1.82) is 0 Å².